The Kier molecular flexibility index (Phi) is 18.1. The van der Waals surface area contributed by atoms with Gasteiger partial charge in [0.05, 0.1) is 0 Å². The van der Waals surface area contributed by atoms with Crippen molar-refractivity contribution in [2.24, 2.45) is 0 Å². The van der Waals surface area contributed by atoms with Gasteiger partial charge in [-0.15, -0.1) is 0 Å². The zero-order chi connectivity index (χ0) is 11.4. The Balaban J connectivity index is 0. The van der Waals surface area contributed by atoms with Gasteiger partial charge in [0, 0.05) is 6.42 Å². The average molecular weight is 238 g/mol. The molecule has 0 fully saturated rings. The van der Waals surface area contributed by atoms with Gasteiger partial charge >= 0.3 is 29.6 Å². The summed E-state index contributed by atoms with van der Waals surface area (Å²) in [6.45, 7) is 2.22. The van der Waals surface area contributed by atoms with Crippen LogP contribution in [-0.2, 0) is 9.68 Å². The first kappa shape index (κ1) is 18.8. The second-order valence-corrected chi connectivity index (χ2v) is 4.03. The Labute approximate surface area is 121 Å². The molecule has 0 atom stereocenters. The smallest absolute Gasteiger partial charge is 0.662 e. The number of rotatable bonds is 10. The maximum Gasteiger partial charge on any atom is 1.00 e. The number of carbonyl (C=O) groups excluding carboxylic acids is 1. The van der Waals surface area contributed by atoms with Crippen molar-refractivity contribution in [2.75, 3.05) is 0 Å². The van der Waals surface area contributed by atoms with E-state index in [1.54, 1.807) is 0 Å². The van der Waals surface area contributed by atoms with Gasteiger partial charge < -0.3 is 10.1 Å². The largest absolute Gasteiger partial charge is 1.00 e. The van der Waals surface area contributed by atoms with Crippen molar-refractivity contribution >= 4 is 5.97 Å². The molecule has 0 aromatic rings. The molecule has 0 saturated carbocycles. The Bertz CT molecular complexity index is 151. The first-order chi connectivity index (χ1) is 7.31. The van der Waals surface area contributed by atoms with Crippen LogP contribution in [-0.4, -0.2) is 5.97 Å². The van der Waals surface area contributed by atoms with Crippen molar-refractivity contribution in [1.82, 2.24) is 0 Å². The molecular formula is C12H23NaO3. The Morgan fingerprint density at radius 1 is 0.938 bits per heavy atom. The molecule has 0 saturated heterocycles. The molecule has 0 N–H and O–H groups in total. The van der Waals surface area contributed by atoms with Crippen LogP contribution in [0.1, 0.15) is 71.1 Å². The molecule has 3 nitrogen and oxygen atoms in total. The molecule has 90 valence electrons. The second kappa shape index (κ2) is 15.4. The molecule has 0 bridgehead atoms. The molecule has 0 aliphatic heterocycles. The van der Waals surface area contributed by atoms with E-state index in [0.717, 1.165) is 19.3 Å². The van der Waals surface area contributed by atoms with E-state index >= 15 is 0 Å². The Morgan fingerprint density at radius 2 is 1.38 bits per heavy atom. The molecule has 0 radical (unpaired) electrons. The summed E-state index contributed by atoms with van der Waals surface area (Å²) in [6.07, 6.45) is 11.1. The van der Waals surface area contributed by atoms with Crippen molar-refractivity contribution in [2.45, 2.75) is 71.1 Å². The molecule has 0 amide bonds. The molecule has 0 heterocycles. The fourth-order valence-electron chi connectivity index (χ4n) is 1.62. The molecule has 0 aromatic heterocycles. The van der Waals surface area contributed by atoms with E-state index in [1.165, 1.54) is 38.5 Å². The van der Waals surface area contributed by atoms with E-state index in [9.17, 15) is 10.1 Å². The number of carbonyl (C=O) groups is 1. The van der Waals surface area contributed by atoms with Crippen LogP contribution >= 0.6 is 0 Å². The monoisotopic (exact) mass is 238 g/mol. The summed E-state index contributed by atoms with van der Waals surface area (Å²) in [5.74, 6) is -0.627. The quantitative estimate of drug-likeness (QED) is 0.228. The second-order valence-electron chi connectivity index (χ2n) is 4.03. The summed E-state index contributed by atoms with van der Waals surface area (Å²) in [6, 6.07) is 0. The molecule has 16 heavy (non-hydrogen) atoms. The van der Waals surface area contributed by atoms with Gasteiger partial charge in [-0.25, -0.2) is 0 Å². The summed E-state index contributed by atoms with van der Waals surface area (Å²) in [5.41, 5.74) is 0. The van der Waals surface area contributed by atoms with E-state index in [2.05, 4.69) is 11.8 Å². The molecule has 0 unspecified atom stereocenters. The normalized spacial score (nSPS) is 9.62. The van der Waals surface area contributed by atoms with Crippen LogP contribution in [0.25, 0.3) is 0 Å². The first-order valence-corrected chi connectivity index (χ1v) is 6.14. The van der Waals surface area contributed by atoms with Crippen molar-refractivity contribution in [3.8, 4) is 0 Å². The van der Waals surface area contributed by atoms with Crippen LogP contribution in [0.4, 0.5) is 0 Å². The number of hydrogen-bond acceptors (Lipinski definition) is 3. The predicted molar refractivity (Wildman–Crippen MR) is 57.9 cm³/mol. The van der Waals surface area contributed by atoms with Crippen molar-refractivity contribution in [3.63, 3.8) is 0 Å². The zero-order valence-electron chi connectivity index (χ0n) is 10.8. The fourth-order valence-corrected chi connectivity index (χ4v) is 1.62. The zero-order valence-corrected chi connectivity index (χ0v) is 12.8. The van der Waals surface area contributed by atoms with Crippen LogP contribution in [0, 0.1) is 0 Å². The minimum atomic E-state index is -0.627. The van der Waals surface area contributed by atoms with E-state index in [-0.39, 0.29) is 36.0 Å². The fraction of sp³-hybridized carbons (Fsp3) is 0.917. The number of hydrogen-bond donors (Lipinski definition) is 0. The topological polar surface area (TPSA) is 49.4 Å². The summed E-state index contributed by atoms with van der Waals surface area (Å²) in [4.78, 5) is 13.8. The van der Waals surface area contributed by atoms with E-state index in [4.69, 9.17) is 0 Å². The molecule has 0 aromatic carbocycles. The van der Waals surface area contributed by atoms with Gasteiger partial charge in [0.2, 0.25) is 0 Å². The molecule has 4 heteroatoms. The summed E-state index contributed by atoms with van der Waals surface area (Å²) < 4.78 is 0. The maximum absolute atomic E-state index is 10.5. The van der Waals surface area contributed by atoms with Crippen molar-refractivity contribution < 1.29 is 44.5 Å². The summed E-state index contributed by atoms with van der Waals surface area (Å²) in [7, 11) is 0. The summed E-state index contributed by atoms with van der Waals surface area (Å²) >= 11 is 0. The molecule has 0 aliphatic carbocycles. The van der Waals surface area contributed by atoms with Gasteiger partial charge in [-0.05, 0) is 6.42 Å². The van der Waals surface area contributed by atoms with E-state index < -0.39 is 5.97 Å². The third-order valence-electron chi connectivity index (χ3n) is 2.58. The average Bonchev–Trinajstić information content (AvgIpc) is 2.26. The van der Waals surface area contributed by atoms with Gasteiger partial charge in [0.1, 0.15) is 0 Å². The van der Waals surface area contributed by atoms with Crippen molar-refractivity contribution in [3.05, 3.63) is 0 Å². The van der Waals surface area contributed by atoms with Gasteiger partial charge in [0.15, 0.2) is 0 Å². The van der Waals surface area contributed by atoms with Crippen LogP contribution in [0.5, 0.6) is 0 Å². The Morgan fingerprint density at radius 3 is 1.81 bits per heavy atom. The maximum atomic E-state index is 10.5. The third-order valence-corrected chi connectivity index (χ3v) is 2.58. The van der Waals surface area contributed by atoms with Crippen molar-refractivity contribution in [1.29, 1.82) is 0 Å². The molecule has 0 spiro atoms. The minimum Gasteiger partial charge on any atom is -0.662 e. The van der Waals surface area contributed by atoms with E-state index in [0.29, 0.717) is 0 Å². The summed E-state index contributed by atoms with van der Waals surface area (Å²) in [5, 5.41) is 9.65. The standard InChI is InChI=1S/C12H24O3.Na/c1-2-3-4-5-6-7-8-9-10-11-12(13)15-14;/h14H,2-11H2,1H3;/q;+1/p-1. The van der Waals surface area contributed by atoms with Gasteiger partial charge in [-0.2, -0.15) is 0 Å². The third kappa shape index (κ3) is 14.4. The predicted octanol–water partition coefficient (Wildman–Crippen LogP) is -0.270. The Hall–Kier alpha value is 0.430. The van der Waals surface area contributed by atoms with E-state index in [1.807, 2.05) is 0 Å². The van der Waals surface area contributed by atoms with Gasteiger partial charge in [-0.1, -0.05) is 58.3 Å². The molecule has 0 aliphatic rings. The van der Waals surface area contributed by atoms with Crippen LogP contribution in [0.15, 0.2) is 0 Å². The van der Waals surface area contributed by atoms with Crippen LogP contribution in [0.2, 0.25) is 0 Å². The van der Waals surface area contributed by atoms with Crippen LogP contribution in [0.3, 0.4) is 0 Å². The molecular weight excluding hydrogens is 215 g/mol. The first-order valence-electron chi connectivity index (χ1n) is 6.14. The van der Waals surface area contributed by atoms with Crippen LogP contribution < -0.4 is 34.8 Å². The minimum absolute atomic E-state index is 0. The SMILES string of the molecule is CCCCCCCCCCCC(=O)O[O-].[Na+]. The number of unbranched alkanes of at least 4 members (excludes halogenated alkanes) is 8. The molecule has 0 rings (SSSR count). The van der Waals surface area contributed by atoms with Gasteiger partial charge in [0.25, 0.3) is 5.97 Å². The van der Waals surface area contributed by atoms with Gasteiger partial charge in [-0.3, -0.25) is 4.79 Å².